The first-order chi connectivity index (χ1) is 8.41. The number of hydrogen-bond acceptors (Lipinski definition) is 3. The van der Waals surface area contributed by atoms with Crippen LogP contribution in [-0.2, 0) is 12.0 Å². The summed E-state index contributed by atoms with van der Waals surface area (Å²) in [4.78, 5) is 25.9. The second kappa shape index (κ2) is 5.42. The maximum absolute atomic E-state index is 11.9. The van der Waals surface area contributed by atoms with Gasteiger partial charge in [0, 0.05) is 5.54 Å². The molecule has 5 heteroatoms. The van der Waals surface area contributed by atoms with Crippen molar-refractivity contribution in [2.45, 2.75) is 58.9 Å². The molecule has 0 bridgehead atoms. The number of nitrogens with zero attached hydrogens (tertiary/aromatic N) is 1. The third-order valence-corrected chi connectivity index (χ3v) is 3.74. The first kappa shape index (κ1) is 14.5. The van der Waals surface area contributed by atoms with E-state index in [-0.39, 0.29) is 5.88 Å². The molecule has 0 amide bonds. The van der Waals surface area contributed by atoms with E-state index in [9.17, 15) is 14.7 Å². The molecule has 0 unspecified atom stereocenters. The average molecular weight is 254 g/mol. The monoisotopic (exact) mass is 254 g/mol. The highest BCUT2D eigenvalue weighted by molar-refractivity contribution is 5.24. The van der Waals surface area contributed by atoms with Crippen LogP contribution in [0.3, 0.4) is 0 Å². The first-order valence-corrected chi connectivity index (χ1v) is 6.48. The fourth-order valence-corrected chi connectivity index (χ4v) is 2.10. The largest absolute Gasteiger partial charge is 0.494 e. The van der Waals surface area contributed by atoms with E-state index in [1.54, 1.807) is 0 Å². The summed E-state index contributed by atoms with van der Waals surface area (Å²) in [6, 6.07) is 0. The van der Waals surface area contributed by atoms with Gasteiger partial charge >= 0.3 is 5.69 Å². The van der Waals surface area contributed by atoms with Gasteiger partial charge in [0.2, 0.25) is 5.88 Å². The van der Waals surface area contributed by atoms with Gasteiger partial charge < -0.3 is 5.11 Å². The number of nitrogens with one attached hydrogen (secondary N) is 1. The van der Waals surface area contributed by atoms with Crippen molar-refractivity contribution in [1.29, 1.82) is 0 Å². The minimum atomic E-state index is -0.538. The van der Waals surface area contributed by atoms with Crippen LogP contribution in [0.4, 0.5) is 0 Å². The van der Waals surface area contributed by atoms with E-state index in [1.165, 1.54) is 4.57 Å². The van der Waals surface area contributed by atoms with Gasteiger partial charge in [-0.2, -0.15) is 0 Å². The molecule has 1 heterocycles. The van der Waals surface area contributed by atoms with Crippen LogP contribution < -0.4 is 11.2 Å². The molecule has 0 radical (unpaired) electrons. The molecular weight excluding hydrogens is 232 g/mol. The van der Waals surface area contributed by atoms with Crippen molar-refractivity contribution in [3.05, 3.63) is 26.4 Å². The van der Waals surface area contributed by atoms with Gasteiger partial charge in [-0.05, 0) is 26.2 Å². The molecule has 1 rings (SSSR count). The third kappa shape index (κ3) is 2.35. The van der Waals surface area contributed by atoms with Gasteiger partial charge in [0.25, 0.3) is 5.56 Å². The molecular formula is C13H22N2O3. The summed E-state index contributed by atoms with van der Waals surface area (Å²) in [5, 5.41) is 10.2. The minimum absolute atomic E-state index is 0.184. The maximum atomic E-state index is 11.9. The first-order valence-electron chi connectivity index (χ1n) is 6.48. The van der Waals surface area contributed by atoms with Crippen molar-refractivity contribution >= 4 is 0 Å². The fourth-order valence-electron chi connectivity index (χ4n) is 2.10. The molecule has 0 atom stereocenters. The molecule has 1 aromatic heterocycles. The van der Waals surface area contributed by atoms with Crippen LogP contribution in [0.5, 0.6) is 5.88 Å². The zero-order valence-corrected chi connectivity index (χ0v) is 11.5. The Kier molecular flexibility index (Phi) is 4.38. The second-order valence-electron chi connectivity index (χ2n) is 4.85. The van der Waals surface area contributed by atoms with Crippen molar-refractivity contribution in [1.82, 2.24) is 9.55 Å². The minimum Gasteiger partial charge on any atom is -0.494 e. The Hall–Kier alpha value is -1.52. The van der Waals surface area contributed by atoms with Gasteiger partial charge in [-0.15, -0.1) is 0 Å². The zero-order valence-electron chi connectivity index (χ0n) is 11.5. The molecule has 0 aliphatic rings. The van der Waals surface area contributed by atoms with Crippen LogP contribution in [0.15, 0.2) is 9.59 Å². The molecule has 18 heavy (non-hydrogen) atoms. The van der Waals surface area contributed by atoms with Crippen LogP contribution >= 0.6 is 0 Å². The molecule has 0 spiro atoms. The van der Waals surface area contributed by atoms with E-state index in [4.69, 9.17) is 0 Å². The Morgan fingerprint density at radius 2 is 1.78 bits per heavy atom. The molecule has 2 N–H and O–H groups in total. The van der Waals surface area contributed by atoms with Crippen LogP contribution in [0.2, 0.25) is 0 Å². The topological polar surface area (TPSA) is 75.1 Å². The fraction of sp³-hybridized carbons (Fsp3) is 0.692. The molecule has 0 saturated carbocycles. The lowest BCUT2D eigenvalue weighted by molar-refractivity contribution is 0.240. The third-order valence-electron chi connectivity index (χ3n) is 3.74. The van der Waals surface area contributed by atoms with E-state index in [0.29, 0.717) is 24.8 Å². The predicted octanol–water partition coefficient (Wildman–Crippen LogP) is 1.73. The quantitative estimate of drug-likeness (QED) is 0.840. The molecule has 0 aliphatic carbocycles. The highest BCUT2D eigenvalue weighted by Gasteiger charge is 2.28. The van der Waals surface area contributed by atoms with E-state index in [2.05, 4.69) is 4.98 Å². The van der Waals surface area contributed by atoms with Gasteiger partial charge in [0.15, 0.2) is 0 Å². The molecule has 1 aromatic rings. The summed E-state index contributed by atoms with van der Waals surface area (Å²) >= 11 is 0. The van der Waals surface area contributed by atoms with Crippen molar-refractivity contribution in [3.8, 4) is 5.88 Å². The van der Waals surface area contributed by atoms with Gasteiger partial charge in [0.05, 0.1) is 5.56 Å². The maximum Gasteiger partial charge on any atom is 0.331 e. The zero-order chi connectivity index (χ0) is 13.9. The molecule has 0 fully saturated rings. The van der Waals surface area contributed by atoms with Crippen LogP contribution in [0.1, 0.15) is 52.5 Å². The van der Waals surface area contributed by atoms with Crippen LogP contribution in [0.25, 0.3) is 0 Å². The summed E-state index contributed by atoms with van der Waals surface area (Å²) < 4.78 is 1.32. The molecule has 0 saturated heterocycles. The summed E-state index contributed by atoms with van der Waals surface area (Å²) in [5.74, 6) is -0.184. The van der Waals surface area contributed by atoms with Crippen LogP contribution in [0, 0.1) is 0 Å². The lowest BCUT2D eigenvalue weighted by Crippen LogP contribution is -2.42. The predicted molar refractivity (Wildman–Crippen MR) is 71.2 cm³/mol. The molecule has 102 valence electrons. The smallest absolute Gasteiger partial charge is 0.331 e. The van der Waals surface area contributed by atoms with Gasteiger partial charge in [-0.3, -0.25) is 14.3 Å². The van der Waals surface area contributed by atoms with Crippen LogP contribution in [-0.4, -0.2) is 14.7 Å². The summed E-state index contributed by atoms with van der Waals surface area (Å²) in [5.41, 5.74) is -1.20. The second-order valence-corrected chi connectivity index (χ2v) is 4.85. The highest BCUT2D eigenvalue weighted by atomic mass is 16.3. The van der Waals surface area contributed by atoms with Gasteiger partial charge in [-0.25, -0.2) is 4.79 Å². The molecule has 0 aliphatic heterocycles. The number of aromatic amines is 1. The van der Waals surface area contributed by atoms with E-state index in [0.717, 1.165) is 6.42 Å². The van der Waals surface area contributed by atoms with E-state index in [1.807, 2.05) is 27.7 Å². The Labute approximate surface area is 106 Å². The van der Waals surface area contributed by atoms with Crippen molar-refractivity contribution in [3.63, 3.8) is 0 Å². The highest BCUT2D eigenvalue weighted by Crippen LogP contribution is 2.27. The van der Waals surface area contributed by atoms with Gasteiger partial charge in [-0.1, -0.05) is 27.2 Å². The number of H-pyrrole nitrogens is 1. The Morgan fingerprint density at radius 1 is 1.22 bits per heavy atom. The Bertz CT molecular complexity index is 524. The Morgan fingerprint density at radius 3 is 2.22 bits per heavy atom. The lowest BCUT2D eigenvalue weighted by atomic mass is 9.94. The van der Waals surface area contributed by atoms with Gasteiger partial charge in [0.1, 0.15) is 0 Å². The molecule has 5 nitrogen and oxygen atoms in total. The summed E-state index contributed by atoms with van der Waals surface area (Å²) in [6.07, 6.45) is 2.61. The number of aromatic hydroxyl groups is 1. The van der Waals surface area contributed by atoms with Crippen molar-refractivity contribution in [2.75, 3.05) is 0 Å². The normalized spacial score (nSPS) is 11.8. The van der Waals surface area contributed by atoms with Crippen molar-refractivity contribution in [2.24, 2.45) is 0 Å². The average Bonchev–Trinajstić information content (AvgIpc) is 2.33. The lowest BCUT2D eigenvalue weighted by Gasteiger charge is -2.30. The Balaban J connectivity index is 3.59. The standard InChI is InChI=1S/C13H22N2O3/c1-5-8-9-10(16)14-12(18)15(11(9)17)13(4,6-2)7-3/h17H,5-8H2,1-4H3,(H,14,16,18). The molecule has 0 aromatic carbocycles. The SMILES string of the molecule is CCCc1c(O)n(C(C)(CC)CC)c(=O)[nH]c1=O. The summed E-state index contributed by atoms with van der Waals surface area (Å²) in [7, 11) is 0. The summed E-state index contributed by atoms with van der Waals surface area (Å²) in [6.45, 7) is 7.75. The van der Waals surface area contributed by atoms with E-state index >= 15 is 0 Å². The number of rotatable bonds is 5. The van der Waals surface area contributed by atoms with E-state index < -0.39 is 16.8 Å². The number of hydrogen-bond donors (Lipinski definition) is 2. The number of aromatic nitrogens is 2. The van der Waals surface area contributed by atoms with Crippen molar-refractivity contribution < 1.29 is 5.11 Å².